The first-order valence-corrected chi connectivity index (χ1v) is 9.01. The fourth-order valence-electron chi connectivity index (χ4n) is 2.77. The molecule has 2 aromatic carbocycles. The number of anilines is 1. The van der Waals surface area contributed by atoms with Gasteiger partial charge in [-0.15, -0.1) is 0 Å². The zero-order chi connectivity index (χ0) is 20.3. The molecule has 1 unspecified atom stereocenters. The van der Waals surface area contributed by atoms with E-state index in [4.69, 9.17) is 14.2 Å². The van der Waals surface area contributed by atoms with Crippen molar-refractivity contribution in [3.8, 4) is 11.5 Å². The number of ether oxygens (including phenoxy) is 3. The Bertz CT molecular complexity index is 878. The molecule has 1 atom stereocenters. The summed E-state index contributed by atoms with van der Waals surface area (Å²) in [5, 5.41) is 12.7. The van der Waals surface area contributed by atoms with Crippen molar-refractivity contribution < 1.29 is 28.9 Å². The van der Waals surface area contributed by atoms with E-state index in [1.165, 1.54) is 6.07 Å². The molecule has 3 rings (SSSR count). The van der Waals surface area contributed by atoms with E-state index in [-0.39, 0.29) is 36.1 Å². The highest BCUT2D eigenvalue weighted by molar-refractivity contribution is 6.08. The number of Topliss-reactive ketones (excluding diaryl/α,β-unsaturated/α-hetero) is 1. The number of carbonyl (C=O) groups excluding carboxylic acids is 2. The average Bonchev–Trinajstić information content (AvgIpc) is 2.67. The third-order valence-electron chi connectivity index (χ3n) is 4.31. The summed E-state index contributed by atoms with van der Waals surface area (Å²) in [4.78, 5) is 25.0. The molecule has 1 aliphatic rings. The van der Waals surface area contributed by atoms with Gasteiger partial charge in [0.15, 0.2) is 11.4 Å². The van der Waals surface area contributed by atoms with Gasteiger partial charge in [-0.05, 0) is 38.5 Å². The summed E-state index contributed by atoms with van der Waals surface area (Å²) in [6, 6.07) is 12.6. The predicted octanol–water partition coefficient (Wildman–Crippen LogP) is 2.91. The van der Waals surface area contributed by atoms with Crippen LogP contribution in [0.2, 0.25) is 0 Å². The molecule has 148 valence electrons. The second-order valence-electron chi connectivity index (χ2n) is 6.83. The van der Waals surface area contributed by atoms with E-state index in [2.05, 4.69) is 5.32 Å². The smallest absolute Gasteiger partial charge is 0.268 e. The normalized spacial score (nSPS) is 15.8. The summed E-state index contributed by atoms with van der Waals surface area (Å²) in [5.74, 6) is -0.497. The zero-order valence-electron chi connectivity index (χ0n) is 16.0. The van der Waals surface area contributed by atoms with Crippen LogP contribution in [0.5, 0.6) is 11.5 Å². The number of benzene rings is 2. The SMILES string of the molecule is CCOC(O)C(=O)c1ccc(OCc2ccccc2)c2c1OC(C)(C)C(=O)N2. The molecule has 1 amide bonds. The lowest BCUT2D eigenvalue weighted by Crippen LogP contribution is -2.46. The Labute approximate surface area is 163 Å². The lowest BCUT2D eigenvalue weighted by molar-refractivity contribution is -0.129. The molecule has 0 radical (unpaired) electrons. The number of fused-ring (bicyclic) bond motifs is 1. The van der Waals surface area contributed by atoms with Crippen LogP contribution in [-0.2, 0) is 16.1 Å². The molecule has 7 nitrogen and oxygen atoms in total. The second kappa shape index (κ2) is 8.00. The molecule has 0 aliphatic carbocycles. The van der Waals surface area contributed by atoms with Gasteiger partial charge in [0.05, 0.1) is 5.56 Å². The molecule has 0 spiro atoms. The van der Waals surface area contributed by atoms with Gasteiger partial charge in [0.25, 0.3) is 5.91 Å². The van der Waals surface area contributed by atoms with Crippen LogP contribution >= 0.6 is 0 Å². The summed E-state index contributed by atoms with van der Waals surface area (Å²) in [6.07, 6.45) is -1.62. The molecule has 0 saturated heterocycles. The summed E-state index contributed by atoms with van der Waals surface area (Å²) in [5.41, 5.74) is 0.133. The van der Waals surface area contributed by atoms with E-state index in [1.54, 1.807) is 26.8 Å². The van der Waals surface area contributed by atoms with Gasteiger partial charge in [-0.1, -0.05) is 30.3 Å². The van der Waals surface area contributed by atoms with Crippen LogP contribution in [-0.4, -0.2) is 35.3 Å². The Balaban J connectivity index is 1.97. The third kappa shape index (κ3) is 4.00. The quantitative estimate of drug-likeness (QED) is 0.562. The van der Waals surface area contributed by atoms with Crippen LogP contribution in [0.4, 0.5) is 5.69 Å². The zero-order valence-corrected chi connectivity index (χ0v) is 16.0. The van der Waals surface area contributed by atoms with Crippen LogP contribution in [0.3, 0.4) is 0 Å². The lowest BCUT2D eigenvalue weighted by atomic mass is 10.0. The molecular weight excluding hydrogens is 362 g/mol. The molecule has 0 fully saturated rings. The second-order valence-corrected chi connectivity index (χ2v) is 6.83. The highest BCUT2D eigenvalue weighted by Gasteiger charge is 2.39. The Morgan fingerprint density at radius 3 is 2.61 bits per heavy atom. The number of hydrogen-bond donors (Lipinski definition) is 2. The maximum Gasteiger partial charge on any atom is 0.268 e. The summed E-state index contributed by atoms with van der Waals surface area (Å²) in [6.45, 7) is 5.32. The van der Waals surface area contributed by atoms with E-state index in [1.807, 2.05) is 30.3 Å². The number of aliphatic hydroxyl groups excluding tert-OH is 1. The third-order valence-corrected chi connectivity index (χ3v) is 4.31. The average molecular weight is 385 g/mol. The molecule has 1 heterocycles. The van der Waals surface area contributed by atoms with Crippen molar-refractivity contribution in [3.63, 3.8) is 0 Å². The predicted molar refractivity (Wildman–Crippen MR) is 103 cm³/mol. The van der Waals surface area contributed by atoms with Crippen molar-refractivity contribution in [1.82, 2.24) is 0 Å². The van der Waals surface area contributed by atoms with Gasteiger partial charge in [-0.2, -0.15) is 0 Å². The van der Waals surface area contributed by atoms with Crippen molar-refractivity contribution >= 4 is 17.4 Å². The van der Waals surface area contributed by atoms with Crippen LogP contribution in [0.25, 0.3) is 0 Å². The summed E-state index contributed by atoms with van der Waals surface area (Å²) in [7, 11) is 0. The summed E-state index contributed by atoms with van der Waals surface area (Å²) < 4.78 is 16.7. The largest absolute Gasteiger partial charge is 0.487 e. The fourth-order valence-corrected chi connectivity index (χ4v) is 2.77. The first-order chi connectivity index (χ1) is 13.3. The van der Waals surface area contributed by atoms with Gasteiger partial charge >= 0.3 is 0 Å². The standard InChI is InChI=1S/C21H23NO6/c1-4-26-19(24)17(23)14-10-11-15(27-12-13-8-6-5-7-9-13)16-18(14)28-21(2,3)20(25)22-16/h5-11,19,24H,4,12H2,1-3H3,(H,22,25). The molecule has 28 heavy (non-hydrogen) atoms. The van der Waals surface area contributed by atoms with Crippen molar-refractivity contribution in [3.05, 3.63) is 53.6 Å². The van der Waals surface area contributed by atoms with Crippen LogP contribution in [0.1, 0.15) is 36.7 Å². The fraction of sp³-hybridized carbons (Fsp3) is 0.333. The Hall–Kier alpha value is -2.90. The number of hydrogen-bond acceptors (Lipinski definition) is 6. The van der Waals surface area contributed by atoms with Crippen molar-refractivity contribution in [2.45, 2.75) is 39.3 Å². The molecule has 7 heteroatoms. The number of nitrogens with one attached hydrogen (secondary N) is 1. The van der Waals surface area contributed by atoms with E-state index >= 15 is 0 Å². The van der Waals surface area contributed by atoms with Gasteiger partial charge in [0.2, 0.25) is 12.1 Å². The monoisotopic (exact) mass is 385 g/mol. The minimum atomic E-state index is -1.62. The van der Waals surface area contributed by atoms with Crippen molar-refractivity contribution in [1.29, 1.82) is 0 Å². The molecule has 1 aliphatic heterocycles. The van der Waals surface area contributed by atoms with Gasteiger partial charge in [-0.25, -0.2) is 0 Å². The molecule has 0 aromatic heterocycles. The molecule has 2 N–H and O–H groups in total. The van der Waals surface area contributed by atoms with Crippen molar-refractivity contribution in [2.24, 2.45) is 0 Å². The van der Waals surface area contributed by atoms with E-state index in [0.29, 0.717) is 5.75 Å². The number of carbonyl (C=O) groups is 2. The number of amides is 1. The number of aliphatic hydroxyl groups is 1. The minimum absolute atomic E-state index is 0.107. The Kier molecular flexibility index (Phi) is 5.67. The van der Waals surface area contributed by atoms with E-state index in [9.17, 15) is 14.7 Å². The van der Waals surface area contributed by atoms with Crippen molar-refractivity contribution in [2.75, 3.05) is 11.9 Å². The van der Waals surface area contributed by atoms with Gasteiger partial charge < -0.3 is 24.6 Å². The summed E-state index contributed by atoms with van der Waals surface area (Å²) >= 11 is 0. The number of rotatable bonds is 7. The van der Waals surface area contributed by atoms with Crippen LogP contribution in [0, 0.1) is 0 Å². The van der Waals surface area contributed by atoms with E-state index < -0.39 is 17.7 Å². The Morgan fingerprint density at radius 1 is 1.21 bits per heavy atom. The van der Waals surface area contributed by atoms with Gasteiger partial charge in [-0.3, -0.25) is 9.59 Å². The minimum Gasteiger partial charge on any atom is -0.487 e. The lowest BCUT2D eigenvalue weighted by Gasteiger charge is -2.33. The number of ketones is 1. The first kappa shape index (κ1) is 19.9. The van der Waals surface area contributed by atoms with Crippen LogP contribution in [0.15, 0.2) is 42.5 Å². The first-order valence-electron chi connectivity index (χ1n) is 9.01. The Morgan fingerprint density at radius 2 is 1.93 bits per heavy atom. The molecule has 0 bridgehead atoms. The maximum absolute atomic E-state index is 12.6. The highest BCUT2D eigenvalue weighted by Crippen LogP contribution is 2.43. The van der Waals surface area contributed by atoms with Crippen LogP contribution < -0.4 is 14.8 Å². The topological polar surface area (TPSA) is 94.1 Å². The van der Waals surface area contributed by atoms with Gasteiger partial charge in [0.1, 0.15) is 18.0 Å². The molecule has 2 aromatic rings. The molecular formula is C21H23NO6. The maximum atomic E-state index is 12.6. The highest BCUT2D eigenvalue weighted by atomic mass is 16.6. The van der Waals surface area contributed by atoms with Gasteiger partial charge in [0, 0.05) is 6.61 Å². The molecule has 0 saturated carbocycles. The van der Waals surface area contributed by atoms with E-state index in [0.717, 1.165) is 5.56 Å².